The molecule has 3 unspecified atom stereocenters. The molecule has 0 radical (unpaired) electrons. The lowest BCUT2D eigenvalue weighted by atomic mass is 9.65. The van der Waals surface area contributed by atoms with Gasteiger partial charge in [-0.25, -0.2) is 0 Å². The van der Waals surface area contributed by atoms with E-state index in [2.05, 4.69) is 20.8 Å². The number of unbranched alkanes of at least 4 members (excludes halogenated alkanes) is 1. The number of carboxylic acid groups (broad SMARTS) is 1. The Hall–Kier alpha value is -0.530. The van der Waals surface area contributed by atoms with Crippen molar-refractivity contribution in [1.29, 1.82) is 0 Å². The van der Waals surface area contributed by atoms with Gasteiger partial charge in [-0.3, -0.25) is 4.79 Å². The Labute approximate surface area is 112 Å². The molecule has 0 amide bonds. The molecular weight excluding hydrogens is 224 g/mol. The van der Waals surface area contributed by atoms with Crippen molar-refractivity contribution in [2.24, 2.45) is 17.3 Å². The molecule has 0 saturated heterocycles. The van der Waals surface area contributed by atoms with E-state index in [1.807, 2.05) is 0 Å². The highest BCUT2D eigenvalue weighted by molar-refractivity contribution is 5.74. The molecule has 0 spiro atoms. The number of rotatable bonds is 7. The lowest BCUT2D eigenvalue weighted by molar-refractivity contribution is -0.153. The summed E-state index contributed by atoms with van der Waals surface area (Å²) in [6.45, 7) is 6.63. The van der Waals surface area contributed by atoms with Gasteiger partial charge in [0.25, 0.3) is 0 Å². The van der Waals surface area contributed by atoms with Gasteiger partial charge in [0.05, 0.1) is 5.41 Å². The minimum absolute atomic E-state index is 0.411. The van der Waals surface area contributed by atoms with Gasteiger partial charge in [-0.05, 0) is 31.1 Å². The molecule has 0 aromatic rings. The fourth-order valence-electron chi connectivity index (χ4n) is 3.62. The molecule has 1 aliphatic carbocycles. The van der Waals surface area contributed by atoms with E-state index in [9.17, 15) is 9.90 Å². The molecular formula is C16H30O2. The molecule has 1 aliphatic rings. The summed E-state index contributed by atoms with van der Waals surface area (Å²) >= 11 is 0. The largest absolute Gasteiger partial charge is 0.481 e. The summed E-state index contributed by atoms with van der Waals surface area (Å²) in [5, 5.41) is 9.68. The Kier molecular flexibility index (Phi) is 6.17. The fourth-order valence-corrected chi connectivity index (χ4v) is 3.62. The van der Waals surface area contributed by atoms with Crippen LogP contribution in [0.3, 0.4) is 0 Å². The van der Waals surface area contributed by atoms with Crippen LogP contribution in [0.4, 0.5) is 0 Å². The molecule has 106 valence electrons. The Morgan fingerprint density at radius 2 is 2.17 bits per heavy atom. The minimum atomic E-state index is -0.538. The van der Waals surface area contributed by atoms with Crippen molar-refractivity contribution in [3.05, 3.63) is 0 Å². The van der Waals surface area contributed by atoms with Crippen LogP contribution in [-0.4, -0.2) is 11.1 Å². The van der Waals surface area contributed by atoms with Crippen molar-refractivity contribution in [2.45, 2.75) is 78.6 Å². The molecule has 1 fully saturated rings. The van der Waals surface area contributed by atoms with Crippen molar-refractivity contribution in [3.8, 4) is 0 Å². The molecule has 3 atom stereocenters. The van der Waals surface area contributed by atoms with Gasteiger partial charge in [0.2, 0.25) is 0 Å². The van der Waals surface area contributed by atoms with Crippen LogP contribution in [0.5, 0.6) is 0 Å². The highest BCUT2D eigenvalue weighted by Gasteiger charge is 2.42. The van der Waals surface area contributed by atoms with Crippen molar-refractivity contribution < 1.29 is 9.90 Å². The first-order chi connectivity index (χ1) is 8.54. The van der Waals surface area contributed by atoms with Crippen LogP contribution in [0, 0.1) is 17.3 Å². The molecule has 0 heterocycles. The van der Waals surface area contributed by atoms with E-state index in [1.54, 1.807) is 0 Å². The second-order valence-corrected chi connectivity index (χ2v) is 6.41. The first-order valence-electron chi connectivity index (χ1n) is 7.77. The summed E-state index contributed by atoms with van der Waals surface area (Å²) in [6, 6.07) is 0. The lowest BCUT2D eigenvalue weighted by Crippen LogP contribution is -2.37. The highest BCUT2D eigenvalue weighted by atomic mass is 16.4. The van der Waals surface area contributed by atoms with Crippen molar-refractivity contribution in [2.75, 3.05) is 0 Å². The van der Waals surface area contributed by atoms with E-state index in [0.29, 0.717) is 11.8 Å². The highest BCUT2D eigenvalue weighted by Crippen LogP contribution is 2.45. The summed E-state index contributed by atoms with van der Waals surface area (Å²) in [4.78, 5) is 11.7. The van der Waals surface area contributed by atoms with Gasteiger partial charge in [0.1, 0.15) is 0 Å². The fraction of sp³-hybridized carbons (Fsp3) is 0.938. The van der Waals surface area contributed by atoms with E-state index in [-0.39, 0.29) is 0 Å². The summed E-state index contributed by atoms with van der Waals surface area (Å²) in [5.41, 5.74) is -0.411. The third-order valence-electron chi connectivity index (χ3n) is 4.77. The number of aliphatic carboxylic acids is 1. The number of carboxylic acids is 1. The van der Waals surface area contributed by atoms with Gasteiger partial charge in [-0.15, -0.1) is 0 Å². The molecule has 1 N–H and O–H groups in total. The van der Waals surface area contributed by atoms with Crippen LogP contribution >= 0.6 is 0 Å². The van der Waals surface area contributed by atoms with Crippen LogP contribution in [-0.2, 0) is 4.79 Å². The second kappa shape index (κ2) is 7.16. The lowest BCUT2D eigenvalue weighted by Gasteiger charge is -2.38. The normalized spacial score (nSPS) is 30.1. The number of carbonyl (C=O) groups is 1. The van der Waals surface area contributed by atoms with Crippen LogP contribution in [0.1, 0.15) is 78.6 Å². The summed E-state index contributed by atoms with van der Waals surface area (Å²) < 4.78 is 0. The van der Waals surface area contributed by atoms with Crippen molar-refractivity contribution in [3.63, 3.8) is 0 Å². The minimum Gasteiger partial charge on any atom is -0.481 e. The Bertz CT molecular complexity index is 262. The van der Waals surface area contributed by atoms with Crippen molar-refractivity contribution >= 4 is 5.97 Å². The summed E-state index contributed by atoms with van der Waals surface area (Å²) in [5.74, 6) is 0.647. The maximum Gasteiger partial charge on any atom is 0.309 e. The summed E-state index contributed by atoms with van der Waals surface area (Å²) in [6.07, 6.45) is 9.79. The first kappa shape index (κ1) is 15.5. The van der Waals surface area contributed by atoms with Crippen LogP contribution < -0.4 is 0 Å². The van der Waals surface area contributed by atoms with Crippen LogP contribution in [0.15, 0.2) is 0 Å². The molecule has 2 heteroatoms. The average molecular weight is 254 g/mol. The molecule has 18 heavy (non-hydrogen) atoms. The summed E-state index contributed by atoms with van der Waals surface area (Å²) in [7, 11) is 0. The van der Waals surface area contributed by atoms with Crippen LogP contribution in [0.2, 0.25) is 0 Å². The van der Waals surface area contributed by atoms with E-state index in [0.717, 1.165) is 32.1 Å². The topological polar surface area (TPSA) is 37.3 Å². The van der Waals surface area contributed by atoms with E-state index < -0.39 is 11.4 Å². The third-order valence-corrected chi connectivity index (χ3v) is 4.77. The van der Waals surface area contributed by atoms with Crippen molar-refractivity contribution in [1.82, 2.24) is 0 Å². The maximum absolute atomic E-state index is 11.7. The Balaban J connectivity index is 2.68. The SMILES string of the molecule is CCCCC(CC)CC1(C(=O)O)CCCC(C)C1. The predicted octanol–water partition coefficient (Wildman–Crippen LogP) is 4.87. The maximum atomic E-state index is 11.7. The van der Waals surface area contributed by atoms with E-state index >= 15 is 0 Å². The molecule has 0 bridgehead atoms. The Morgan fingerprint density at radius 3 is 2.67 bits per heavy atom. The predicted molar refractivity (Wildman–Crippen MR) is 75.6 cm³/mol. The molecule has 1 rings (SSSR count). The van der Waals surface area contributed by atoms with Gasteiger partial charge in [0, 0.05) is 0 Å². The molecule has 0 aromatic heterocycles. The second-order valence-electron chi connectivity index (χ2n) is 6.41. The average Bonchev–Trinajstić information content (AvgIpc) is 2.34. The van der Waals surface area contributed by atoms with Gasteiger partial charge in [-0.1, -0.05) is 59.3 Å². The van der Waals surface area contributed by atoms with Gasteiger partial charge >= 0.3 is 5.97 Å². The quantitative estimate of drug-likeness (QED) is 0.703. The van der Waals surface area contributed by atoms with Crippen LogP contribution in [0.25, 0.3) is 0 Å². The zero-order chi connectivity index (χ0) is 13.6. The number of hydrogen-bond donors (Lipinski definition) is 1. The molecule has 0 aromatic carbocycles. The van der Waals surface area contributed by atoms with Gasteiger partial charge < -0.3 is 5.11 Å². The zero-order valence-corrected chi connectivity index (χ0v) is 12.4. The molecule has 1 saturated carbocycles. The van der Waals surface area contributed by atoms with E-state index in [1.165, 1.54) is 25.7 Å². The smallest absolute Gasteiger partial charge is 0.309 e. The monoisotopic (exact) mass is 254 g/mol. The Morgan fingerprint density at radius 1 is 1.44 bits per heavy atom. The van der Waals surface area contributed by atoms with E-state index in [4.69, 9.17) is 0 Å². The standard InChI is InChI=1S/C16H30O2/c1-4-6-9-14(5-2)12-16(15(17)18)10-7-8-13(3)11-16/h13-14H,4-12H2,1-3H3,(H,17,18). The van der Waals surface area contributed by atoms with Gasteiger partial charge in [-0.2, -0.15) is 0 Å². The number of hydrogen-bond acceptors (Lipinski definition) is 1. The molecule has 0 aliphatic heterocycles. The zero-order valence-electron chi connectivity index (χ0n) is 12.4. The molecule has 2 nitrogen and oxygen atoms in total. The van der Waals surface area contributed by atoms with Gasteiger partial charge in [0.15, 0.2) is 0 Å². The first-order valence-corrected chi connectivity index (χ1v) is 7.77. The third kappa shape index (κ3) is 4.00.